The number of aliphatic carboxylic acids is 1. The van der Waals surface area contributed by atoms with Gasteiger partial charge in [-0.3, -0.25) is 0 Å². The number of ether oxygens (including phenoxy) is 1. The first kappa shape index (κ1) is 16.6. The summed E-state index contributed by atoms with van der Waals surface area (Å²) in [6.45, 7) is 0. The Kier molecular flexibility index (Phi) is 4.74. The molecule has 0 radical (unpaired) electrons. The normalized spacial score (nSPS) is 12.1. The zero-order chi connectivity index (χ0) is 17.0. The molecule has 0 unspecified atom stereocenters. The Labute approximate surface area is 130 Å². The van der Waals surface area contributed by atoms with E-state index in [1.165, 1.54) is 37.4 Å². The Balaban J connectivity index is 2.59. The number of alkyl halides is 3. The molecule has 0 heterocycles. The van der Waals surface area contributed by atoms with Crippen molar-refractivity contribution in [3.05, 3.63) is 65.2 Å². The summed E-state index contributed by atoms with van der Waals surface area (Å²) in [5, 5.41) is 9.35. The molecule has 0 fully saturated rings. The molecule has 120 valence electrons. The van der Waals surface area contributed by atoms with Crippen molar-refractivity contribution < 1.29 is 27.8 Å². The number of hydrogen-bond donors (Lipinski definition) is 1. The lowest BCUT2D eigenvalue weighted by atomic mass is 9.99. The van der Waals surface area contributed by atoms with Gasteiger partial charge in [0.25, 0.3) is 0 Å². The smallest absolute Gasteiger partial charge is 0.416 e. The molecule has 1 N–H and O–H groups in total. The van der Waals surface area contributed by atoms with Crippen molar-refractivity contribution in [1.82, 2.24) is 0 Å². The Morgan fingerprint density at radius 3 is 2.43 bits per heavy atom. The van der Waals surface area contributed by atoms with Crippen LogP contribution in [0.25, 0.3) is 11.6 Å². The number of carbonyl (C=O) groups is 1. The fourth-order valence-electron chi connectivity index (χ4n) is 2.10. The predicted octanol–water partition coefficient (Wildman–Crippen LogP) is 4.34. The molecule has 0 amide bonds. The summed E-state index contributed by atoms with van der Waals surface area (Å²) in [5.41, 5.74) is -1.09. The Morgan fingerprint density at radius 2 is 1.83 bits per heavy atom. The van der Waals surface area contributed by atoms with Crippen molar-refractivity contribution >= 4 is 17.6 Å². The van der Waals surface area contributed by atoms with Gasteiger partial charge in [0, 0.05) is 0 Å². The number of rotatable bonds is 4. The fourth-order valence-corrected chi connectivity index (χ4v) is 2.10. The molecule has 6 heteroatoms. The van der Waals surface area contributed by atoms with Crippen molar-refractivity contribution in [3.8, 4) is 5.75 Å². The second kappa shape index (κ2) is 6.56. The van der Waals surface area contributed by atoms with Crippen LogP contribution in [0.5, 0.6) is 5.75 Å². The van der Waals surface area contributed by atoms with Gasteiger partial charge < -0.3 is 9.84 Å². The van der Waals surface area contributed by atoms with Crippen molar-refractivity contribution in [2.24, 2.45) is 0 Å². The average molecular weight is 322 g/mol. The summed E-state index contributed by atoms with van der Waals surface area (Å²) >= 11 is 0. The summed E-state index contributed by atoms with van der Waals surface area (Å²) in [5.74, 6) is -0.908. The molecule has 2 aromatic carbocycles. The van der Waals surface area contributed by atoms with E-state index in [1.807, 2.05) is 0 Å². The number of carboxylic acids is 1. The Hall–Kier alpha value is -2.76. The largest absolute Gasteiger partial charge is 0.497 e. The molecule has 0 spiro atoms. The lowest BCUT2D eigenvalue weighted by Crippen LogP contribution is -2.08. The Morgan fingerprint density at radius 1 is 1.13 bits per heavy atom. The van der Waals surface area contributed by atoms with Gasteiger partial charge in [0.2, 0.25) is 0 Å². The van der Waals surface area contributed by atoms with E-state index >= 15 is 0 Å². The van der Waals surface area contributed by atoms with Crippen LogP contribution < -0.4 is 4.74 Å². The highest BCUT2D eigenvalue weighted by Gasteiger charge is 2.32. The van der Waals surface area contributed by atoms with Crippen molar-refractivity contribution in [2.75, 3.05) is 7.11 Å². The summed E-state index contributed by atoms with van der Waals surface area (Å²) in [4.78, 5) is 11.5. The first-order valence-corrected chi connectivity index (χ1v) is 6.58. The maximum atomic E-state index is 13.0. The number of carboxylic acid groups (broad SMARTS) is 1. The third-order valence-corrected chi connectivity index (χ3v) is 3.18. The summed E-state index contributed by atoms with van der Waals surface area (Å²) in [7, 11) is 1.42. The number of halogens is 3. The van der Waals surface area contributed by atoms with E-state index in [1.54, 1.807) is 12.1 Å². The van der Waals surface area contributed by atoms with Crippen LogP contribution in [0.3, 0.4) is 0 Å². The maximum absolute atomic E-state index is 13.0. The molecule has 3 nitrogen and oxygen atoms in total. The minimum absolute atomic E-state index is 0.208. The minimum atomic E-state index is -4.56. The third-order valence-electron chi connectivity index (χ3n) is 3.18. The molecule has 0 aliphatic rings. The predicted molar refractivity (Wildman–Crippen MR) is 79.9 cm³/mol. The SMILES string of the molecule is COc1cccc(/C(=C/c2ccccc2C(F)(F)F)C(=O)O)c1. The molecule has 0 saturated carbocycles. The first-order valence-electron chi connectivity index (χ1n) is 6.58. The second-order valence-electron chi connectivity index (χ2n) is 4.68. The zero-order valence-corrected chi connectivity index (χ0v) is 12.1. The lowest BCUT2D eigenvalue weighted by molar-refractivity contribution is -0.137. The topological polar surface area (TPSA) is 46.5 Å². The van der Waals surface area contributed by atoms with Gasteiger partial charge in [-0.2, -0.15) is 13.2 Å². The van der Waals surface area contributed by atoms with E-state index in [9.17, 15) is 23.1 Å². The second-order valence-corrected chi connectivity index (χ2v) is 4.68. The number of benzene rings is 2. The number of methoxy groups -OCH3 is 1. The summed E-state index contributed by atoms with van der Waals surface area (Å²) in [6.07, 6.45) is -3.55. The molecular weight excluding hydrogens is 309 g/mol. The van der Waals surface area contributed by atoms with Gasteiger partial charge in [0.05, 0.1) is 18.2 Å². The van der Waals surface area contributed by atoms with Crippen LogP contribution in [0.15, 0.2) is 48.5 Å². The van der Waals surface area contributed by atoms with Crippen molar-refractivity contribution in [3.63, 3.8) is 0 Å². The third kappa shape index (κ3) is 3.91. The maximum Gasteiger partial charge on any atom is 0.416 e. The van der Waals surface area contributed by atoms with Crippen LogP contribution in [0.1, 0.15) is 16.7 Å². The van der Waals surface area contributed by atoms with Gasteiger partial charge >= 0.3 is 12.1 Å². The van der Waals surface area contributed by atoms with Crippen LogP contribution in [-0.4, -0.2) is 18.2 Å². The van der Waals surface area contributed by atoms with E-state index in [-0.39, 0.29) is 16.7 Å². The van der Waals surface area contributed by atoms with Gasteiger partial charge in [-0.15, -0.1) is 0 Å². The zero-order valence-electron chi connectivity index (χ0n) is 12.1. The molecule has 0 aromatic heterocycles. The molecule has 2 rings (SSSR count). The lowest BCUT2D eigenvalue weighted by Gasteiger charge is -2.11. The summed E-state index contributed by atoms with van der Waals surface area (Å²) in [6, 6.07) is 11.0. The number of hydrogen-bond acceptors (Lipinski definition) is 2. The highest BCUT2D eigenvalue weighted by molar-refractivity contribution is 6.20. The highest BCUT2D eigenvalue weighted by atomic mass is 19.4. The van der Waals surface area contributed by atoms with Crippen molar-refractivity contribution in [2.45, 2.75) is 6.18 Å². The Bertz CT molecular complexity index is 749. The molecule has 0 atom stereocenters. The molecule has 0 aliphatic heterocycles. The van der Waals surface area contributed by atoms with Crippen LogP contribution >= 0.6 is 0 Å². The van der Waals surface area contributed by atoms with Gasteiger partial charge in [-0.1, -0.05) is 30.3 Å². The van der Waals surface area contributed by atoms with Gasteiger partial charge in [-0.25, -0.2) is 4.79 Å². The van der Waals surface area contributed by atoms with E-state index in [2.05, 4.69) is 0 Å². The molecule has 2 aromatic rings. The molecule has 0 bridgehead atoms. The van der Waals surface area contributed by atoms with Crippen molar-refractivity contribution in [1.29, 1.82) is 0 Å². The van der Waals surface area contributed by atoms with E-state index < -0.39 is 17.7 Å². The average Bonchev–Trinajstić information content (AvgIpc) is 2.51. The summed E-state index contributed by atoms with van der Waals surface area (Å²) < 4.78 is 44.1. The quantitative estimate of drug-likeness (QED) is 0.673. The molecule has 0 aliphatic carbocycles. The van der Waals surface area contributed by atoms with Gasteiger partial charge in [0.1, 0.15) is 5.75 Å². The first-order chi connectivity index (χ1) is 10.8. The monoisotopic (exact) mass is 322 g/mol. The van der Waals surface area contributed by atoms with E-state index in [4.69, 9.17) is 4.74 Å². The van der Waals surface area contributed by atoms with Gasteiger partial charge in [-0.05, 0) is 35.4 Å². The van der Waals surface area contributed by atoms with E-state index in [0.29, 0.717) is 5.75 Å². The van der Waals surface area contributed by atoms with Crippen LogP contribution in [0.4, 0.5) is 13.2 Å². The molecular formula is C17H13F3O3. The fraction of sp³-hybridized carbons (Fsp3) is 0.118. The highest BCUT2D eigenvalue weighted by Crippen LogP contribution is 2.34. The standard InChI is InChI=1S/C17H13F3O3/c1-23-13-7-4-6-11(9-13)14(16(21)22)10-12-5-2-3-8-15(12)17(18,19)20/h2-10H,1H3,(H,21,22)/b14-10-. The van der Waals surface area contributed by atoms with Crippen LogP contribution in [0.2, 0.25) is 0 Å². The molecule has 0 saturated heterocycles. The van der Waals surface area contributed by atoms with E-state index in [0.717, 1.165) is 12.1 Å². The minimum Gasteiger partial charge on any atom is -0.497 e. The van der Waals surface area contributed by atoms with Crippen LogP contribution in [-0.2, 0) is 11.0 Å². The van der Waals surface area contributed by atoms with Gasteiger partial charge in [0.15, 0.2) is 0 Å². The molecule has 23 heavy (non-hydrogen) atoms. The van der Waals surface area contributed by atoms with Crippen LogP contribution in [0, 0.1) is 0 Å².